The molecule has 20 heavy (non-hydrogen) atoms. The van der Waals surface area contributed by atoms with E-state index in [1.54, 1.807) is 0 Å². The number of carbonyl (C=O) groups excluding carboxylic acids is 2. The standard InChI is InChI=1S/C14H23IO5/c1-4-5-6-20-11-8-14(12(16)18-2,13(17)19-3)7-10(11)9-15/h10-11H,4-9H2,1-3H3/t10-,11-/m1/s1. The topological polar surface area (TPSA) is 61.8 Å². The van der Waals surface area contributed by atoms with E-state index < -0.39 is 17.4 Å². The fraction of sp³-hybridized carbons (Fsp3) is 0.857. The highest BCUT2D eigenvalue weighted by molar-refractivity contribution is 14.1. The molecule has 1 saturated carbocycles. The lowest BCUT2D eigenvalue weighted by Crippen LogP contribution is -2.39. The third kappa shape index (κ3) is 3.63. The number of unbranched alkanes of at least 4 members (excludes halogenated alkanes) is 1. The molecule has 0 bridgehead atoms. The van der Waals surface area contributed by atoms with Gasteiger partial charge >= 0.3 is 11.9 Å². The minimum Gasteiger partial charge on any atom is -0.468 e. The largest absolute Gasteiger partial charge is 0.468 e. The zero-order chi connectivity index (χ0) is 15.2. The number of alkyl halides is 1. The van der Waals surface area contributed by atoms with E-state index in [9.17, 15) is 9.59 Å². The molecule has 1 fully saturated rings. The molecule has 0 unspecified atom stereocenters. The summed E-state index contributed by atoms with van der Waals surface area (Å²) >= 11 is 2.27. The van der Waals surface area contributed by atoms with Gasteiger partial charge in [0, 0.05) is 17.5 Å². The third-order valence-electron chi connectivity index (χ3n) is 3.87. The molecule has 1 rings (SSSR count). The van der Waals surface area contributed by atoms with E-state index >= 15 is 0 Å². The second kappa shape index (κ2) is 8.17. The van der Waals surface area contributed by atoms with Crippen LogP contribution in [0.15, 0.2) is 0 Å². The Balaban J connectivity index is 2.87. The Morgan fingerprint density at radius 2 is 1.80 bits per heavy atom. The van der Waals surface area contributed by atoms with Gasteiger partial charge < -0.3 is 14.2 Å². The summed E-state index contributed by atoms with van der Waals surface area (Å²) in [4.78, 5) is 24.2. The van der Waals surface area contributed by atoms with Crippen LogP contribution in [0.25, 0.3) is 0 Å². The molecule has 2 atom stereocenters. The van der Waals surface area contributed by atoms with Crippen molar-refractivity contribution in [2.75, 3.05) is 25.3 Å². The monoisotopic (exact) mass is 398 g/mol. The van der Waals surface area contributed by atoms with Crippen molar-refractivity contribution in [3.8, 4) is 0 Å². The minimum absolute atomic E-state index is 0.0864. The number of rotatable bonds is 7. The van der Waals surface area contributed by atoms with E-state index in [2.05, 4.69) is 29.5 Å². The second-order valence-electron chi connectivity index (χ2n) is 5.15. The molecule has 1 aliphatic rings. The highest BCUT2D eigenvalue weighted by Crippen LogP contribution is 2.46. The first-order chi connectivity index (χ1) is 9.55. The predicted molar refractivity (Wildman–Crippen MR) is 82.7 cm³/mol. The lowest BCUT2D eigenvalue weighted by molar-refractivity contribution is -0.169. The van der Waals surface area contributed by atoms with Crippen molar-refractivity contribution in [2.45, 2.75) is 38.7 Å². The van der Waals surface area contributed by atoms with Crippen molar-refractivity contribution in [2.24, 2.45) is 11.3 Å². The first-order valence-corrected chi connectivity index (χ1v) is 8.42. The van der Waals surface area contributed by atoms with Gasteiger partial charge in [0.2, 0.25) is 0 Å². The lowest BCUT2D eigenvalue weighted by Gasteiger charge is -2.23. The van der Waals surface area contributed by atoms with Crippen LogP contribution in [-0.2, 0) is 23.8 Å². The average Bonchev–Trinajstić information content (AvgIpc) is 2.86. The molecule has 0 radical (unpaired) electrons. The molecule has 0 amide bonds. The quantitative estimate of drug-likeness (QED) is 0.217. The Morgan fingerprint density at radius 3 is 2.25 bits per heavy atom. The number of carbonyl (C=O) groups is 2. The summed E-state index contributed by atoms with van der Waals surface area (Å²) in [6, 6.07) is 0. The van der Waals surface area contributed by atoms with Crippen LogP contribution in [0, 0.1) is 11.3 Å². The van der Waals surface area contributed by atoms with Crippen molar-refractivity contribution in [1.29, 1.82) is 0 Å². The molecular formula is C14H23IO5. The fourth-order valence-corrected chi connectivity index (χ4v) is 3.59. The maximum Gasteiger partial charge on any atom is 0.323 e. The number of hydrogen-bond acceptors (Lipinski definition) is 5. The Hall–Kier alpha value is -0.370. The van der Waals surface area contributed by atoms with Crippen LogP contribution in [0.1, 0.15) is 32.6 Å². The maximum atomic E-state index is 12.1. The molecule has 0 saturated heterocycles. The number of ether oxygens (including phenoxy) is 3. The Kier molecular flexibility index (Phi) is 7.22. The molecular weight excluding hydrogens is 375 g/mol. The second-order valence-corrected chi connectivity index (χ2v) is 6.03. The average molecular weight is 398 g/mol. The van der Waals surface area contributed by atoms with Crippen LogP contribution < -0.4 is 0 Å². The number of hydrogen-bond donors (Lipinski definition) is 0. The number of methoxy groups -OCH3 is 2. The fourth-order valence-electron chi connectivity index (χ4n) is 2.71. The van der Waals surface area contributed by atoms with Gasteiger partial charge in [-0.1, -0.05) is 35.9 Å². The first kappa shape index (κ1) is 17.7. The molecule has 0 heterocycles. The van der Waals surface area contributed by atoms with Crippen molar-refractivity contribution in [3.05, 3.63) is 0 Å². The van der Waals surface area contributed by atoms with E-state index in [1.807, 2.05) is 0 Å². The summed E-state index contributed by atoms with van der Waals surface area (Å²) in [5.74, 6) is -0.854. The Bertz CT molecular complexity index is 328. The van der Waals surface area contributed by atoms with E-state index in [4.69, 9.17) is 14.2 Å². The number of halogens is 1. The van der Waals surface area contributed by atoms with Gasteiger partial charge in [-0.3, -0.25) is 9.59 Å². The van der Waals surface area contributed by atoms with Gasteiger partial charge in [-0.25, -0.2) is 0 Å². The molecule has 116 valence electrons. The van der Waals surface area contributed by atoms with E-state index in [0.29, 0.717) is 19.4 Å². The first-order valence-electron chi connectivity index (χ1n) is 6.90. The van der Waals surface area contributed by atoms with E-state index in [1.165, 1.54) is 14.2 Å². The highest BCUT2D eigenvalue weighted by atomic mass is 127. The van der Waals surface area contributed by atoms with Crippen LogP contribution >= 0.6 is 22.6 Å². The Morgan fingerprint density at radius 1 is 1.20 bits per heavy atom. The van der Waals surface area contributed by atoms with Crippen molar-refractivity contribution in [1.82, 2.24) is 0 Å². The van der Waals surface area contributed by atoms with Crippen LogP contribution in [0.5, 0.6) is 0 Å². The van der Waals surface area contributed by atoms with Crippen LogP contribution in [0.3, 0.4) is 0 Å². The molecule has 0 aromatic rings. The van der Waals surface area contributed by atoms with E-state index in [0.717, 1.165) is 17.3 Å². The molecule has 6 heteroatoms. The highest BCUT2D eigenvalue weighted by Gasteiger charge is 2.57. The van der Waals surface area contributed by atoms with Gasteiger partial charge in [0.05, 0.1) is 20.3 Å². The van der Waals surface area contributed by atoms with Crippen molar-refractivity contribution < 1.29 is 23.8 Å². The van der Waals surface area contributed by atoms with Gasteiger partial charge in [0.15, 0.2) is 5.41 Å². The van der Waals surface area contributed by atoms with Gasteiger partial charge in [-0.2, -0.15) is 0 Å². The van der Waals surface area contributed by atoms with Crippen LogP contribution in [-0.4, -0.2) is 43.3 Å². The molecule has 5 nitrogen and oxygen atoms in total. The summed E-state index contributed by atoms with van der Waals surface area (Å²) in [5, 5.41) is 0. The Labute approximate surface area is 133 Å². The van der Waals surface area contributed by atoms with Gasteiger partial charge in [-0.05, 0) is 18.8 Å². The van der Waals surface area contributed by atoms with Gasteiger partial charge in [0.1, 0.15) is 0 Å². The van der Waals surface area contributed by atoms with Crippen molar-refractivity contribution >= 4 is 34.5 Å². The number of esters is 2. The lowest BCUT2D eigenvalue weighted by atomic mass is 9.85. The molecule has 0 aliphatic heterocycles. The summed E-state index contributed by atoms with van der Waals surface area (Å²) in [6.45, 7) is 2.76. The molecule has 0 aromatic heterocycles. The smallest absolute Gasteiger partial charge is 0.323 e. The molecule has 1 aliphatic carbocycles. The summed E-state index contributed by atoms with van der Waals surface area (Å²) in [5.41, 5.74) is -1.20. The zero-order valence-corrected chi connectivity index (χ0v) is 14.5. The third-order valence-corrected chi connectivity index (χ3v) is 5.00. The van der Waals surface area contributed by atoms with Crippen molar-refractivity contribution in [3.63, 3.8) is 0 Å². The molecule has 0 spiro atoms. The molecule has 0 N–H and O–H groups in total. The zero-order valence-electron chi connectivity index (χ0n) is 12.3. The SMILES string of the molecule is CCCCO[C@@H]1CC(C(=O)OC)(C(=O)OC)C[C@@H]1CI. The molecule has 0 aromatic carbocycles. The van der Waals surface area contributed by atoms with E-state index in [-0.39, 0.29) is 12.0 Å². The normalized spacial score (nSPS) is 24.4. The summed E-state index contributed by atoms with van der Waals surface area (Å²) in [7, 11) is 2.61. The summed E-state index contributed by atoms with van der Waals surface area (Å²) in [6.07, 6.45) is 2.74. The van der Waals surface area contributed by atoms with Gasteiger partial charge in [0.25, 0.3) is 0 Å². The predicted octanol–water partition coefficient (Wildman–Crippen LogP) is 2.35. The van der Waals surface area contributed by atoms with Gasteiger partial charge in [-0.15, -0.1) is 0 Å². The minimum atomic E-state index is -1.20. The van der Waals surface area contributed by atoms with Crippen LogP contribution in [0.4, 0.5) is 0 Å². The summed E-state index contributed by atoms with van der Waals surface area (Å²) < 4.78 is 16.4. The van der Waals surface area contributed by atoms with Crippen LogP contribution in [0.2, 0.25) is 0 Å². The maximum absolute atomic E-state index is 12.1.